The van der Waals surface area contributed by atoms with Crippen LogP contribution < -0.4 is 10.5 Å². The molecule has 118 valence electrons. The first-order valence-electron chi connectivity index (χ1n) is 6.45. The second-order valence-electron chi connectivity index (χ2n) is 4.39. The van der Waals surface area contributed by atoms with Crippen LogP contribution in [0.1, 0.15) is 15.9 Å². The Morgan fingerprint density at radius 2 is 1.65 bits per heavy atom. The largest absolute Gasteiger partial charge is 0.497 e. The zero-order valence-corrected chi connectivity index (χ0v) is 12.1. The van der Waals surface area contributed by atoms with Gasteiger partial charge in [0.25, 0.3) is 5.69 Å². The van der Waals surface area contributed by atoms with E-state index < -0.39 is 10.9 Å². The number of carbonyl (C=O) groups is 1. The van der Waals surface area contributed by atoms with Crippen LogP contribution in [0.4, 0.5) is 5.69 Å². The van der Waals surface area contributed by atoms with Gasteiger partial charge in [-0.05, 0) is 36.4 Å². The number of nitrogens with zero attached hydrogens (tertiary/aromatic N) is 2. The third-order valence-electron chi connectivity index (χ3n) is 2.93. The third kappa shape index (κ3) is 4.03. The van der Waals surface area contributed by atoms with Gasteiger partial charge in [-0.1, -0.05) is 5.16 Å². The van der Waals surface area contributed by atoms with Crippen LogP contribution in [0.25, 0.3) is 0 Å². The summed E-state index contributed by atoms with van der Waals surface area (Å²) in [5.41, 5.74) is 6.28. The predicted octanol–water partition coefficient (Wildman–Crippen LogP) is 2.08. The van der Waals surface area contributed by atoms with Crippen molar-refractivity contribution in [1.29, 1.82) is 0 Å². The minimum atomic E-state index is -0.767. The van der Waals surface area contributed by atoms with Crippen LogP contribution >= 0.6 is 0 Å². The number of nitro groups is 1. The van der Waals surface area contributed by atoms with E-state index in [0.717, 1.165) is 0 Å². The summed E-state index contributed by atoms with van der Waals surface area (Å²) < 4.78 is 5.02. The van der Waals surface area contributed by atoms with Gasteiger partial charge < -0.3 is 15.3 Å². The number of methoxy groups -OCH3 is 1. The van der Waals surface area contributed by atoms with Gasteiger partial charge in [0.05, 0.1) is 17.6 Å². The SMILES string of the molecule is COc1ccc(/C(N)=N\OC(=O)c2ccc([N+](=O)[O-])cc2)cc1. The molecule has 0 aromatic heterocycles. The van der Waals surface area contributed by atoms with Crippen molar-refractivity contribution in [3.8, 4) is 5.75 Å². The third-order valence-corrected chi connectivity index (χ3v) is 2.93. The molecule has 0 saturated carbocycles. The van der Waals surface area contributed by atoms with E-state index >= 15 is 0 Å². The Morgan fingerprint density at radius 1 is 1.09 bits per heavy atom. The number of benzene rings is 2. The zero-order chi connectivity index (χ0) is 16.8. The molecule has 0 radical (unpaired) electrons. The van der Waals surface area contributed by atoms with Crippen molar-refractivity contribution in [1.82, 2.24) is 0 Å². The molecule has 2 N–H and O–H groups in total. The van der Waals surface area contributed by atoms with Crippen molar-refractivity contribution < 1.29 is 19.3 Å². The lowest BCUT2D eigenvalue weighted by Crippen LogP contribution is -2.15. The van der Waals surface area contributed by atoms with E-state index in [2.05, 4.69) is 5.16 Å². The van der Waals surface area contributed by atoms with Crippen molar-refractivity contribution in [3.05, 3.63) is 69.8 Å². The molecule has 0 bridgehead atoms. The van der Waals surface area contributed by atoms with Gasteiger partial charge in [0, 0.05) is 17.7 Å². The lowest BCUT2D eigenvalue weighted by molar-refractivity contribution is -0.384. The summed E-state index contributed by atoms with van der Waals surface area (Å²) in [4.78, 5) is 26.5. The Kier molecular flexibility index (Phi) is 4.88. The molecule has 0 saturated heterocycles. The van der Waals surface area contributed by atoms with Crippen LogP contribution in [0.5, 0.6) is 5.75 Å². The molecule has 0 spiro atoms. The highest BCUT2D eigenvalue weighted by molar-refractivity contribution is 5.98. The van der Waals surface area contributed by atoms with E-state index in [9.17, 15) is 14.9 Å². The quantitative estimate of drug-likeness (QED) is 0.297. The van der Waals surface area contributed by atoms with E-state index in [0.29, 0.717) is 11.3 Å². The predicted molar refractivity (Wildman–Crippen MR) is 82.2 cm³/mol. The van der Waals surface area contributed by atoms with Crippen LogP contribution in [-0.4, -0.2) is 23.8 Å². The van der Waals surface area contributed by atoms with Gasteiger partial charge in [-0.25, -0.2) is 4.79 Å². The molecule has 2 rings (SSSR count). The Bertz CT molecular complexity index is 739. The topological polar surface area (TPSA) is 117 Å². The summed E-state index contributed by atoms with van der Waals surface area (Å²) in [6.07, 6.45) is 0. The average Bonchev–Trinajstić information content (AvgIpc) is 2.59. The summed E-state index contributed by atoms with van der Waals surface area (Å²) in [5, 5.41) is 14.1. The second-order valence-corrected chi connectivity index (χ2v) is 4.39. The molecular weight excluding hydrogens is 302 g/mol. The number of oxime groups is 1. The first-order valence-corrected chi connectivity index (χ1v) is 6.45. The molecule has 0 heterocycles. The highest BCUT2D eigenvalue weighted by atomic mass is 16.7. The molecular formula is C15H13N3O5. The maximum atomic E-state index is 11.8. The molecule has 8 heteroatoms. The summed E-state index contributed by atoms with van der Waals surface area (Å²) in [7, 11) is 1.54. The van der Waals surface area contributed by atoms with E-state index in [1.54, 1.807) is 31.4 Å². The molecule has 0 aliphatic rings. The fourth-order valence-corrected chi connectivity index (χ4v) is 1.68. The standard InChI is InChI=1S/C15H13N3O5/c1-22-13-8-4-10(5-9-13)14(16)17-23-15(19)11-2-6-12(7-3-11)18(20)21/h2-9H,1H3,(H2,16,17). The number of ether oxygens (including phenoxy) is 1. The minimum absolute atomic E-state index is 0.0166. The van der Waals surface area contributed by atoms with Gasteiger partial charge in [0.2, 0.25) is 0 Å². The van der Waals surface area contributed by atoms with Crippen molar-refractivity contribution in [3.63, 3.8) is 0 Å². The van der Waals surface area contributed by atoms with Crippen LogP contribution in [0.15, 0.2) is 53.7 Å². The molecule has 0 amide bonds. The summed E-state index contributed by atoms with van der Waals surface area (Å²) in [5.74, 6) is -0.0938. The van der Waals surface area contributed by atoms with Crippen LogP contribution in [0.2, 0.25) is 0 Å². The molecule has 0 aliphatic heterocycles. The average molecular weight is 315 g/mol. The molecule has 23 heavy (non-hydrogen) atoms. The lowest BCUT2D eigenvalue weighted by Gasteiger charge is -2.03. The van der Waals surface area contributed by atoms with E-state index in [1.165, 1.54) is 24.3 Å². The van der Waals surface area contributed by atoms with Crippen molar-refractivity contribution >= 4 is 17.5 Å². The van der Waals surface area contributed by atoms with Gasteiger partial charge in [0.15, 0.2) is 5.84 Å². The molecule has 0 unspecified atom stereocenters. The Balaban J connectivity index is 2.05. The minimum Gasteiger partial charge on any atom is -0.497 e. The monoisotopic (exact) mass is 315 g/mol. The first-order chi connectivity index (χ1) is 11.0. The number of hydrogen-bond donors (Lipinski definition) is 1. The molecule has 0 atom stereocenters. The maximum absolute atomic E-state index is 11.8. The maximum Gasteiger partial charge on any atom is 0.365 e. The van der Waals surface area contributed by atoms with Gasteiger partial charge >= 0.3 is 5.97 Å². The first kappa shape index (κ1) is 16.0. The number of hydrogen-bond acceptors (Lipinski definition) is 6. The van der Waals surface area contributed by atoms with Gasteiger partial charge in [0.1, 0.15) is 5.75 Å². The van der Waals surface area contributed by atoms with Crippen molar-refractivity contribution in [2.45, 2.75) is 0 Å². The number of rotatable bonds is 5. The van der Waals surface area contributed by atoms with Gasteiger partial charge in [-0.3, -0.25) is 10.1 Å². The van der Waals surface area contributed by atoms with Crippen LogP contribution in [0, 0.1) is 10.1 Å². The fourth-order valence-electron chi connectivity index (χ4n) is 1.68. The number of amidine groups is 1. The van der Waals surface area contributed by atoms with E-state index in [-0.39, 0.29) is 17.1 Å². The summed E-state index contributed by atoms with van der Waals surface area (Å²) in [6, 6.07) is 11.7. The number of carbonyl (C=O) groups excluding carboxylic acids is 1. The van der Waals surface area contributed by atoms with Crippen molar-refractivity contribution in [2.24, 2.45) is 10.9 Å². The Hall–Kier alpha value is -3.42. The van der Waals surface area contributed by atoms with E-state index in [1.807, 2.05) is 0 Å². The van der Waals surface area contributed by atoms with Gasteiger partial charge in [-0.2, -0.15) is 0 Å². The zero-order valence-electron chi connectivity index (χ0n) is 12.1. The molecule has 2 aromatic rings. The summed E-state index contributed by atoms with van der Waals surface area (Å²) >= 11 is 0. The normalized spacial score (nSPS) is 10.9. The Morgan fingerprint density at radius 3 is 2.17 bits per heavy atom. The molecule has 0 fully saturated rings. The van der Waals surface area contributed by atoms with Crippen LogP contribution in [0.3, 0.4) is 0 Å². The second kappa shape index (κ2) is 7.03. The molecule has 8 nitrogen and oxygen atoms in total. The van der Waals surface area contributed by atoms with Crippen LogP contribution in [-0.2, 0) is 4.84 Å². The number of non-ortho nitro benzene ring substituents is 1. The Labute approximate surface area is 131 Å². The summed E-state index contributed by atoms with van der Waals surface area (Å²) in [6.45, 7) is 0. The smallest absolute Gasteiger partial charge is 0.365 e. The number of nitrogens with two attached hydrogens (primary N) is 1. The highest BCUT2D eigenvalue weighted by Gasteiger charge is 2.11. The highest BCUT2D eigenvalue weighted by Crippen LogP contribution is 2.13. The molecule has 2 aromatic carbocycles. The molecule has 0 aliphatic carbocycles. The number of nitro benzene ring substituents is 1. The van der Waals surface area contributed by atoms with E-state index in [4.69, 9.17) is 15.3 Å². The van der Waals surface area contributed by atoms with Gasteiger partial charge in [-0.15, -0.1) is 0 Å². The van der Waals surface area contributed by atoms with Crippen molar-refractivity contribution in [2.75, 3.05) is 7.11 Å². The fraction of sp³-hybridized carbons (Fsp3) is 0.0667. The lowest BCUT2D eigenvalue weighted by atomic mass is 10.2.